The molecule has 4 aromatic carbocycles. The lowest BCUT2D eigenvalue weighted by Gasteiger charge is -2.29. The second-order valence-corrected chi connectivity index (χ2v) is 15.8. The fourth-order valence-electron chi connectivity index (χ4n) is 7.60. The Labute approximate surface area is 340 Å². The quantitative estimate of drug-likeness (QED) is 0.0422. The number of piperidine rings is 1. The van der Waals surface area contributed by atoms with E-state index >= 15 is 0 Å². The lowest BCUT2D eigenvalue weighted by molar-refractivity contribution is -0.137. The molecule has 1 unspecified atom stereocenters. The van der Waals surface area contributed by atoms with E-state index in [1.54, 1.807) is 33.7 Å². The van der Waals surface area contributed by atoms with E-state index in [-0.39, 0.29) is 35.8 Å². The van der Waals surface area contributed by atoms with Crippen LogP contribution in [0.3, 0.4) is 0 Å². The predicted molar refractivity (Wildman–Crippen MR) is 226 cm³/mol. The maximum Gasteiger partial charge on any atom is 0.255 e. The number of hydrogen-bond donors (Lipinski definition) is 2. The SMILES string of the molecule is CC/C(=C(\c1ccc(O)cc1)c1ccc(OCCN(C)C(=O)CCCCCCCCSc2cccc3c2CN(C2CCC(=O)NC2=O)C3=O)cc1)c1ccccc1. The Hall–Kier alpha value is -5.35. The smallest absolute Gasteiger partial charge is 0.255 e. The van der Waals surface area contributed by atoms with Crippen LogP contribution in [0.15, 0.2) is 102 Å². The zero-order valence-corrected chi connectivity index (χ0v) is 33.8. The molecule has 298 valence electrons. The first-order valence-electron chi connectivity index (χ1n) is 20.2. The fraction of sp³-hybridized carbons (Fsp3) is 0.362. The summed E-state index contributed by atoms with van der Waals surface area (Å²) in [6.07, 6.45) is 8.25. The van der Waals surface area contributed by atoms with Crippen molar-refractivity contribution in [1.29, 1.82) is 0 Å². The summed E-state index contributed by atoms with van der Waals surface area (Å²) >= 11 is 1.76. The summed E-state index contributed by atoms with van der Waals surface area (Å²) in [4.78, 5) is 54.3. The maximum absolute atomic E-state index is 13.1. The van der Waals surface area contributed by atoms with Gasteiger partial charge >= 0.3 is 0 Å². The average Bonchev–Trinajstić information content (AvgIpc) is 3.56. The van der Waals surface area contributed by atoms with Gasteiger partial charge in [-0.25, -0.2) is 0 Å². The van der Waals surface area contributed by atoms with Crippen LogP contribution < -0.4 is 10.1 Å². The van der Waals surface area contributed by atoms with E-state index in [2.05, 4.69) is 48.6 Å². The number of phenols is 1. The first-order valence-corrected chi connectivity index (χ1v) is 21.2. The van der Waals surface area contributed by atoms with Gasteiger partial charge in [0.25, 0.3) is 5.91 Å². The number of imide groups is 1. The number of thioether (sulfide) groups is 1. The number of carbonyl (C=O) groups is 4. The molecular weight excluding hydrogens is 735 g/mol. The molecule has 0 saturated carbocycles. The summed E-state index contributed by atoms with van der Waals surface area (Å²) < 4.78 is 6.05. The van der Waals surface area contributed by atoms with E-state index in [0.717, 1.165) is 83.6 Å². The van der Waals surface area contributed by atoms with Gasteiger partial charge in [0.15, 0.2) is 0 Å². The number of amides is 4. The van der Waals surface area contributed by atoms with Crippen molar-refractivity contribution in [2.45, 2.75) is 88.6 Å². The molecule has 6 rings (SSSR count). The summed E-state index contributed by atoms with van der Waals surface area (Å²) in [5.74, 6) is 1.26. The Bertz CT molecular complexity index is 2050. The number of benzene rings is 4. The van der Waals surface area contributed by atoms with Crippen molar-refractivity contribution in [3.63, 3.8) is 0 Å². The minimum absolute atomic E-state index is 0.132. The number of fused-ring (bicyclic) bond motifs is 1. The highest BCUT2D eigenvalue weighted by molar-refractivity contribution is 7.99. The monoisotopic (exact) mass is 787 g/mol. The molecule has 2 N–H and O–H groups in total. The normalized spacial score (nSPS) is 15.6. The van der Waals surface area contributed by atoms with E-state index in [0.29, 0.717) is 38.1 Å². The standard InChI is InChI=1S/C47H53N3O6S/c1-3-38(33-14-9-8-10-15-33)45(34-19-23-36(51)24-20-34)35-21-25-37(26-22-35)56-30-29-49(2)44(53)18-11-6-4-5-7-12-31-57-42-17-13-16-39-40(42)32-50(47(39)55)41-27-28-43(52)48-46(41)54/h8-10,13-17,19-26,41,51H,3-7,11-12,18,27-32H2,1-2H3,(H,48,52,54)/b45-38-. The van der Waals surface area contributed by atoms with E-state index in [1.807, 2.05) is 55.6 Å². The van der Waals surface area contributed by atoms with Crippen LogP contribution in [0, 0.1) is 0 Å². The largest absolute Gasteiger partial charge is 0.508 e. The molecule has 0 aliphatic carbocycles. The molecule has 0 aromatic heterocycles. The highest BCUT2D eigenvalue weighted by Crippen LogP contribution is 2.37. The van der Waals surface area contributed by atoms with Crippen LogP contribution in [0.5, 0.6) is 11.5 Å². The second-order valence-electron chi connectivity index (χ2n) is 14.7. The molecule has 0 bridgehead atoms. The Morgan fingerprint density at radius 2 is 1.53 bits per heavy atom. The Morgan fingerprint density at radius 1 is 0.842 bits per heavy atom. The molecule has 4 amide bonds. The number of rotatable bonds is 19. The number of likely N-dealkylation sites (N-methyl/N-ethyl adjacent to an activating group) is 1. The summed E-state index contributed by atoms with van der Waals surface area (Å²) in [6, 6.07) is 31.0. The molecule has 2 aliphatic heterocycles. The summed E-state index contributed by atoms with van der Waals surface area (Å²) in [7, 11) is 1.83. The maximum atomic E-state index is 13.1. The van der Waals surface area contributed by atoms with Gasteiger partial charge in [0, 0.05) is 36.9 Å². The first kappa shape index (κ1) is 41.3. The molecular formula is C47H53N3O6S. The molecule has 1 fully saturated rings. The minimum atomic E-state index is -0.600. The van der Waals surface area contributed by atoms with Crippen LogP contribution in [-0.4, -0.2) is 70.5 Å². The van der Waals surface area contributed by atoms with E-state index in [1.165, 1.54) is 11.1 Å². The van der Waals surface area contributed by atoms with Gasteiger partial charge < -0.3 is 19.6 Å². The van der Waals surface area contributed by atoms with Crippen LogP contribution in [-0.2, 0) is 20.9 Å². The van der Waals surface area contributed by atoms with Crippen LogP contribution in [0.25, 0.3) is 11.1 Å². The van der Waals surface area contributed by atoms with Crippen LogP contribution in [0.1, 0.15) is 104 Å². The molecule has 57 heavy (non-hydrogen) atoms. The molecule has 9 nitrogen and oxygen atoms in total. The van der Waals surface area contributed by atoms with Gasteiger partial charge in [0.05, 0.1) is 6.54 Å². The van der Waals surface area contributed by atoms with Crippen molar-refractivity contribution in [3.05, 3.63) is 125 Å². The van der Waals surface area contributed by atoms with Crippen molar-refractivity contribution >= 4 is 46.5 Å². The zero-order chi connectivity index (χ0) is 40.1. The number of nitrogens with zero attached hydrogens (tertiary/aromatic N) is 2. The van der Waals surface area contributed by atoms with E-state index in [9.17, 15) is 24.3 Å². The van der Waals surface area contributed by atoms with Gasteiger partial charge in [0.2, 0.25) is 17.7 Å². The third-order valence-electron chi connectivity index (χ3n) is 10.8. The van der Waals surface area contributed by atoms with Crippen molar-refractivity contribution < 1.29 is 29.0 Å². The lowest BCUT2D eigenvalue weighted by Crippen LogP contribution is -2.52. The Balaban J connectivity index is 0.869. The molecule has 10 heteroatoms. The highest BCUT2D eigenvalue weighted by Gasteiger charge is 2.39. The molecule has 1 atom stereocenters. The topological polar surface area (TPSA) is 116 Å². The predicted octanol–water partition coefficient (Wildman–Crippen LogP) is 8.88. The van der Waals surface area contributed by atoms with Gasteiger partial charge in [-0.2, -0.15) is 0 Å². The number of phenolic OH excluding ortho intramolecular Hbond substituents is 1. The van der Waals surface area contributed by atoms with Gasteiger partial charge in [0.1, 0.15) is 24.1 Å². The summed E-state index contributed by atoms with van der Waals surface area (Å²) in [6.45, 7) is 3.48. The first-order chi connectivity index (χ1) is 27.7. The molecule has 1 saturated heterocycles. The van der Waals surface area contributed by atoms with Crippen molar-refractivity contribution in [2.24, 2.45) is 0 Å². The summed E-state index contributed by atoms with van der Waals surface area (Å²) in [5, 5.41) is 12.3. The van der Waals surface area contributed by atoms with Gasteiger partial charge in [-0.1, -0.05) is 93.3 Å². The number of aromatic hydroxyl groups is 1. The lowest BCUT2D eigenvalue weighted by atomic mass is 9.88. The number of hydrogen-bond acceptors (Lipinski definition) is 7. The highest BCUT2D eigenvalue weighted by atomic mass is 32.2. The van der Waals surface area contributed by atoms with Crippen LogP contribution in [0.4, 0.5) is 0 Å². The van der Waals surface area contributed by atoms with Gasteiger partial charge in [-0.3, -0.25) is 24.5 Å². The Morgan fingerprint density at radius 3 is 2.23 bits per heavy atom. The molecule has 4 aromatic rings. The Kier molecular flexibility index (Phi) is 14.6. The molecule has 2 heterocycles. The zero-order valence-electron chi connectivity index (χ0n) is 33.0. The van der Waals surface area contributed by atoms with E-state index < -0.39 is 6.04 Å². The molecule has 2 aliphatic rings. The van der Waals surface area contributed by atoms with Crippen molar-refractivity contribution in [1.82, 2.24) is 15.1 Å². The number of unbranched alkanes of at least 4 members (excludes halogenated alkanes) is 5. The van der Waals surface area contributed by atoms with Crippen LogP contribution in [0.2, 0.25) is 0 Å². The van der Waals surface area contributed by atoms with E-state index in [4.69, 9.17) is 4.74 Å². The minimum Gasteiger partial charge on any atom is -0.508 e. The third-order valence-corrected chi connectivity index (χ3v) is 12.0. The number of ether oxygens (including phenoxy) is 1. The fourth-order valence-corrected chi connectivity index (χ4v) is 8.69. The molecule has 0 radical (unpaired) electrons. The molecule has 0 spiro atoms. The number of carbonyl (C=O) groups excluding carboxylic acids is 4. The average molecular weight is 788 g/mol. The summed E-state index contributed by atoms with van der Waals surface area (Å²) in [5.41, 5.74) is 7.24. The van der Waals surface area contributed by atoms with Crippen molar-refractivity contribution in [2.75, 3.05) is 26.0 Å². The van der Waals surface area contributed by atoms with Gasteiger partial charge in [-0.15, -0.1) is 11.8 Å². The number of allylic oxidation sites excluding steroid dienone is 1. The third kappa shape index (κ3) is 10.7. The number of nitrogens with one attached hydrogen (secondary N) is 1. The second kappa shape index (κ2) is 20.2. The van der Waals surface area contributed by atoms with Crippen molar-refractivity contribution in [3.8, 4) is 11.5 Å². The van der Waals surface area contributed by atoms with Crippen LogP contribution >= 0.6 is 11.8 Å². The van der Waals surface area contributed by atoms with Gasteiger partial charge in [-0.05, 0) is 101 Å².